The number of aryl methyl sites for hydroxylation is 1. The van der Waals surface area contributed by atoms with Crippen LogP contribution in [0.2, 0.25) is 0 Å². The van der Waals surface area contributed by atoms with Gasteiger partial charge in [-0.3, -0.25) is 14.5 Å². The normalized spacial score (nSPS) is 24.6. The van der Waals surface area contributed by atoms with Crippen LogP contribution in [0.3, 0.4) is 0 Å². The number of anilines is 3. The Morgan fingerprint density at radius 1 is 1.16 bits per heavy atom. The topological polar surface area (TPSA) is 94.7 Å². The highest BCUT2D eigenvalue weighted by Crippen LogP contribution is 2.59. The molecule has 2 aromatic heterocycles. The molecule has 0 aromatic carbocycles. The molecule has 13 heteroatoms. The minimum atomic E-state index is -4.19. The number of hydrogen-bond acceptors (Lipinski definition) is 9. The van der Waals surface area contributed by atoms with Gasteiger partial charge < -0.3 is 15.0 Å². The number of carbonyl (C=O) groups is 1. The molecule has 1 saturated heterocycles. The van der Waals surface area contributed by atoms with Crippen LogP contribution in [-0.4, -0.2) is 53.5 Å². The Morgan fingerprint density at radius 2 is 1.98 bits per heavy atom. The van der Waals surface area contributed by atoms with Crippen LogP contribution in [0.15, 0.2) is 41.6 Å². The van der Waals surface area contributed by atoms with Gasteiger partial charge in [-0.05, 0) is 95.1 Å². The summed E-state index contributed by atoms with van der Waals surface area (Å²) in [6.07, 6.45) is 2.03. The van der Waals surface area contributed by atoms with Gasteiger partial charge in [0.1, 0.15) is 28.7 Å². The third kappa shape index (κ3) is 6.30. The summed E-state index contributed by atoms with van der Waals surface area (Å²) in [4.78, 5) is 25.5. The van der Waals surface area contributed by atoms with E-state index in [1.807, 2.05) is 19.1 Å². The number of fused-ring (bicyclic) bond motifs is 6. The lowest BCUT2D eigenvalue weighted by atomic mass is 9.93. The Labute approximate surface area is 254 Å². The van der Waals surface area contributed by atoms with Crippen molar-refractivity contribution in [1.29, 1.82) is 0 Å². The predicted molar refractivity (Wildman–Crippen MR) is 161 cm³/mol. The van der Waals surface area contributed by atoms with Crippen molar-refractivity contribution in [3.05, 3.63) is 47.7 Å². The summed E-state index contributed by atoms with van der Waals surface area (Å²) in [7, 11) is 0. The third-order valence-corrected chi connectivity index (χ3v) is 9.70. The minimum Gasteiger partial charge on any atom is -0.370 e. The van der Waals surface area contributed by atoms with E-state index in [4.69, 9.17) is 9.72 Å². The molecule has 9 nitrogen and oxygen atoms in total. The van der Waals surface area contributed by atoms with Crippen molar-refractivity contribution in [2.75, 3.05) is 34.9 Å². The number of nitrogens with zero attached hydrogens (tertiary/aromatic N) is 4. The molecule has 2 atom stereocenters. The van der Waals surface area contributed by atoms with Crippen molar-refractivity contribution in [2.45, 2.75) is 82.3 Å². The molecule has 43 heavy (non-hydrogen) atoms. The second-order valence-corrected chi connectivity index (χ2v) is 13.4. The molecule has 2 fully saturated rings. The summed E-state index contributed by atoms with van der Waals surface area (Å²) in [6.45, 7) is 7.98. The molecule has 5 heterocycles. The number of aromatic nitrogens is 2. The Hall–Kier alpha value is -3.03. The fourth-order valence-electron chi connectivity index (χ4n) is 6.24. The van der Waals surface area contributed by atoms with Crippen LogP contribution in [0, 0.1) is 18.3 Å². The van der Waals surface area contributed by atoms with Gasteiger partial charge in [-0.1, -0.05) is 6.07 Å². The summed E-state index contributed by atoms with van der Waals surface area (Å²) in [5.74, 6) is 2.15. The molecule has 4 bridgehead atoms. The fourth-order valence-corrected chi connectivity index (χ4v) is 6.82. The quantitative estimate of drug-likeness (QED) is 0.352. The summed E-state index contributed by atoms with van der Waals surface area (Å²) in [6, 6.07) is 7.41. The second kappa shape index (κ2) is 11.5. The molecule has 1 saturated carbocycles. The molecule has 2 aromatic rings. The Balaban J connectivity index is 1.21. The van der Waals surface area contributed by atoms with E-state index < -0.39 is 17.8 Å². The highest BCUT2D eigenvalue weighted by atomic mass is 32.2. The summed E-state index contributed by atoms with van der Waals surface area (Å²) in [5.41, 5.74) is 2.86. The smallest absolute Gasteiger partial charge is 0.370 e. The van der Waals surface area contributed by atoms with Crippen molar-refractivity contribution in [2.24, 2.45) is 11.3 Å². The van der Waals surface area contributed by atoms with Crippen LogP contribution in [0.5, 0.6) is 0 Å². The Bertz CT molecular complexity index is 1400. The van der Waals surface area contributed by atoms with Crippen molar-refractivity contribution in [3.8, 4) is 0 Å². The molecular formula is C30H38F3N7O2S. The SMILES string of the molecule is Cc1ccc2nc1NCCCC1CN(c3nc(N4C=CC(OCCC5(C(F)(F)F)CC5)N4)ccc3C(=O)NS2)C(C)(C)C1. The Kier molecular flexibility index (Phi) is 8.01. The first-order valence-corrected chi connectivity index (χ1v) is 15.7. The number of nitrogens with one attached hydrogen (secondary N) is 3. The third-order valence-electron chi connectivity index (χ3n) is 8.98. The van der Waals surface area contributed by atoms with Gasteiger partial charge in [-0.25, -0.2) is 9.97 Å². The molecule has 4 aliphatic rings. The highest BCUT2D eigenvalue weighted by molar-refractivity contribution is 7.97. The van der Waals surface area contributed by atoms with Crippen LogP contribution in [0.1, 0.15) is 68.3 Å². The maximum Gasteiger partial charge on any atom is 0.394 e. The predicted octanol–water partition coefficient (Wildman–Crippen LogP) is 5.95. The maximum atomic E-state index is 13.6. The van der Waals surface area contributed by atoms with Crippen molar-refractivity contribution < 1.29 is 22.7 Å². The molecule has 6 rings (SSSR count). The van der Waals surface area contributed by atoms with E-state index in [-0.39, 0.29) is 37.3 Å². The zero-order valence-electron chi connectivity index (χ0n) is 24.6. The number of pyridine rings is 2. The zero-order chi connectivity index (χ0) is 30.4. The molecule has 3 aliphatic heterocycles. The molecule has 1 amide bonds. The van der Waals surface area contributed by atoms with Crippen molar-refractivity contribution >= 4 is 35.3 Å². The van der Waals surface area contributed by atoms with E-state index in [2.05, 4.69) is 39.2 Å². The van der Waals surface area contributed by atoms with Crippen LogP contribution in [0.4, 0.5) is 30.6 Å². The van der Waals surface area contributed by atoms with Gasteiger partial charge in [0.2, 0.25) is 0 Å². The molecule has 3 N–H and O–H groups in total. The van der Waals surface area contributed by atoms with Gasteiger partial charge in [0, 0.05) is 43.4 Å². The molecule has 232 valence electrons. The standard InChI is InChI=1S/C30H38F3N7O2S/c1-19-6-9-24-36-25(19)34-14-4-5-20-17-28(2,3)39(18-20)26-21(27(41)38-43-24)7-8-22(35-26)40-15-10-23(37-40)42-16-13-29(11-12-29)30(31,32)33/h6-10,15,20,23,37H,4-5,11-14,16-18H2,1-3H3,(H,34,36)(H,38,41). The zero-order valence-corrected chi connectivity index (χ0v) is 25.4. The van der Waals surface area contributed by atoms with Gasteiger partial charge in [0.15, 0.2) is 0 Å². The second-order valence-electron chi connectivity index (χ2n) is 12.6. The van der Waals surface area contributed by atoms with Gasteiger partial charge >= 0.3 is 6.18 Å². The number of carbonyl (C=O) groups excluding carboxylic acids is 1. The number of rotatable bonds is 5. The van der Waals surface area contributed by atoms with Gasteiger partial charge in [0.25, 0.3) is 5.91 Å². The molecule has 2 unspecified atom stereocenters. The lowest BCUT2D eigenvalue weighted by molar-refractivity contribution is -0.192. The highest BCUT2D eigenvalue weighted by Gasteiger charge is 2.62. The van der Waals surface area contributed by atoms with Gasteiger partial charge in [-0.2, -0.15) is 18.6 Å². The van der Waals surface area contributed by atoms with Gasteiger partial charge in [-0.15, -0.1) is 0 Å². The number of hydrogen-bond donors (Lipinski definition) is 3. The van der Waals surface area contributed by atoms with Crippen LogP contribution in [-0.2, 0) is 4.74 Å². The Morgan fingerprint density at radius 3 is 2.74 bits per heavy atom. The minimum absolute atomic E-state index is 0.00101. The van der Waals surface area contributed by atoms with E-state index in [1.54, 1.807) is 29.4 Å². The molecule has 0 spiro atoms. The van der Waals surface area contributed by atoms with E-state index >= 15 is 0 Å². The van der Waals surface area contributed by atoms with Gasteiger partial charge in [0.05, 0.1) is 11.0 Å². The number of ether oxygens (including phenoxy) is 1. The largest absolute Gasteiger partial charge is 0.394 e. The number of hydrazine groups is 1. The first kappa shape index (κ1) is 30.0. The van der Waals surface area contributed by atoms with Crippen molar-refractivity contribution in [1.82, 2.24) is 20.1 Å². The number of alkyl halides is 3. The molecule has 0 radical (unpaired) electrons. The summed E-state index contributed by atoms with van der Waals surface area (Å²) >= 11 is 1.17. The average Bonchev–Trinajstić information content (AvgIpc) is 3.51. The summed E-state index contributed by atoms with van der Waals surface area (Å²) in [5, 5.41) is 5.83. The molecule has 1 aliphatic carbocycles. The van der Waals surface area contributed by atoms with Crippen LogP contribution >= 0.6 is 11.9 Å². The van der Waals surface area contributed by atoms with Crippen molar-refractivity contribution in [3.63, 3.8) is 0 Å². The monoisotopic (exact) mass is 617 g/mol. The molecular weight excluding hydrogens is 579 g/mol. The average molecular weight is 618 g/mol. The van der Waals surface area contributed by atoms with E-state index in [9.17, 15) is 18.0 Å². The first-order chi connectivity index (χ1) is 20.4. The van der Waals surface area contributed by atoms with E-state index in [0.717, 1.165) is 43.7 Å². The van der Waals surface area contributed by atoms with E-state index in [1.165, 1.54) is 11.9 Å². The maximum absolute atomic E-state index is 13.6. The fraction of sp³-hybridized carbons (Fsp3) is 0.567. The van der Waals surface area contributed by atoms with E-state index in [0.29, 0.717) is 28.1 Å². The first-order valence-electron chi connectivity index (χ1n) is 14.8. The van der Waals surface area contributed by atoms with Crippen LogP contribution in [0.25, 0.3) is 0 Å². The number of amides is 1. The lowest BCUT2D eigenvalue weighted by Crippen LogP contribution is -2.41. The summed E-state index contributed by atoms with van der Waals surface area (Å²) < 4.78 is 48.5. The van der Waals surface area contributed by atoms with Crippen LogP contribution < -0.4 is 25.4 Å². The number of halogens is 3. The lowest BCUT2D eigenvalue weighted by Gasteiger charge is -2.34.